The van der Waals surface area contributed by atoms with Gasteiger partial charge in [0.2, 0.25) is 0 Å². The summed E-state index contributed by atoms with van der Waals surface area (Å²) in [6.07, 6.45) is -0.552. The fraction of sp³-hybridized carbons (Fsp3) is 0.208. The molecule has 0 heterocycles. The van der Waals surface area contributed by atoms with Gasteiger partial charge in [0.15, 0.2) is 0 Å². The van der Waals surface area contributed by atoms with E-state index in [1.165, 1.54) is 0 Å². The van der Waals surface area contributed by atoms with E-state index >= 15 is 0 Å². The first-order valence-electron chi connectivity index (χ1n) is 9.33. The van der Waals surface area contributed by atoms with Crippen molar-refractivity contribution >= 4 is 6.09 Å². The highest BCUT2D eigenvalue weighted by Crippen LogP contribution is 2.34. The minimum Gasteiger partial charge on any atom is -0.445 e. The Labute approximate surface area is 165 Å². The van der Waals surface area contributed by atoms with Crippen molar-refractivity contribution in [2.45, 2.75) is 25.0 Å². The first-order valence-corrected chi connectivity index (χ1v) is 9.33. The molecule has 0 aliphatic carbocycles. The summed E-state index contributed by atoms with van der Waals surface area (Å²) in [4.78, 5) is 12.1. The van der Waals surface area contributed by atoms with Gasteiger partial charge in [-0.3, -0.25) is 0 Å². The van der Waals surface area contributed by atoms with Crippen LogP contribution in [0.25, 0.3) is 0 Å². The molecule has 0 spiro atoms. The number of ether oxygens (including phenoxy) is 1. The Bertz CT molecular complexity index is 825. The van der Waals surface area contributed by atoms with Crippen LogP contribution in [0.2, 0.25) is 0 Å². The lowest BCUT2D eigenvalue weighted by Crippen LogP contribution is -2.45. The summed E-state index contributed by atoms with van der Waals surface area (Å²) >= 11 is 0. The second kappa shape index (κ2) is 9.20. The van der Waals surface area contributed by atoms with Crippen LogP contribution < -0.4 is 5.32 Å². The molecular weight excluding hydrogens is 350 g/mol. The van der Waals surface area contributed by atoms with Gasteiger partial charge in [0.25, 0.3) is 0 Å². The molecular formula is C24H25NO3. The Morgan fingerprint density at radius 1 is 0.893 bits per heavy atom. The van der Waals surface area contributed by atoms with Gasteiger partial charge in [0.1, 0.15) is 6.61 Å². The standard InChI is InChI=1S/C24H25NO3/c1-24(27,18-25-23(26)28-17-19-11-5-2-6-12-19)22(20-13-7-3-8-14-20)21-15-9-4-10-16-21/h2-16,22,27H,17-18H2,1H3,(H,25,26). The van der Waals surface area contributed by atoms with Crippen LogP contribution in [-0.2, 0) is 11.3 Å². The fourth-order valence-corrected chi connectivity index (χ4v) is 3.33. The van der Waals surface area contributed by atoms with Crippen LogP contribution in [0, 0.1) is 0 Å². The molecule has 0 radical (unpaired) electrons. The Morgan fingerprint density at radius 2 is 1.36 bits per heavy atom. The predicted octanol–water partition coefficient (Wildman–Crippen LogP) is 4.50. The number of carbonyl (C=O) groups excluding carboxylic acids is 1. The number of nitrogens with one attached hydrogen (secondary N) is 1. The molecule has 0 saturated heterocycles. The Kier molecular flexibility index (Phi) is 6.45. The highest BCUT2D eigenvalue weighted by atomic mass is 16.5. The molecule has 0 aliphatic rings. The maximum Gasteiger partial charge on any atom is 0.407 e. The highest BCUT2D eigenvalue weighted by molar-refractivity contribution is 5.67. The first kappa shape index (κ1) is 19.6. The van der Waals surface area contributed by atoms with Gasteiger partial charge >= 0.3 is 6.09 Å². The summed E-state index contributed by atoms with van der Waals surface area (Å²) in [7, 11) is 0. The zero-order chi connectivity index (χ0) is 19.8. The molecule has 0 aliphatic heterocycles. The summed E-state index contributed by atoms with van der Waals surface area (Å²) in [6, 6.07) is 29.1. The molecule has 28 heavy (non-hydrogen) atoms. The predicted molar refractivity (Wildman–Crippen MR) is 110 cm³/mol. The second-order valence-electron chi connectivity index (χ2n) is 7.03. The maximum atomic E-state index is 12.1. The van der Waals surface area contributed by atoms with Crippen molar-refractivity contribution in [2.75, 3.05) is 6.54 Å². The topological polar surface area (TPSA) is 58.6 Å². The normalized spacial score (nSPS) is 13.0. The van der Waals surface area contributed by atoms with Crippen molar-refractivity contribution < 1.29 is 14.6 Å². The number of hydrogen-bond donors (Lipinski definition) is 2. The van der Waals surface area contributed by atoms with Crippen LogP contribution in [-0.4, -0.2) is 23.3 Å². The smallest absolute Gasteiger partial charge is 0.407 e. The zero-order valence-corrected chi connectivity index (χ0v) is 15.9. The second-order valence-corrected chi connectivity index (χ2v) is 7.03. The Balaban J connectivity index is 1.68. The third-order valence-electron chi connectivity index (χ3n) is 4.69. The van der Waals surface area contributed by atoms with Crippen LogP contribution >= 0.6 is 0 Å². The number of hydrogen-bond acceptors (Lipinski definition) is 3. The van der Waals surface area contributed by atoms with Gasteiger partial charge in [-0.15, -0.1) is 0 Å². The van der Waals surface area contributed by atoms with Crippen molar-refractivity contribution in [3.63, 3.8) is 0 Å². The lowest BCUT2D eigenvalue weighted by molar-refractivity contribution is 0.0401. The lowest BCUT2D eigenvalue weighted by atomic mass is 9.78. The minimum absolute atomic E-state index is 0.0646. The van der Waals surface area contributed by atoms with Gasteiger partial charge in [-0.25, -0.2) is 4.79 Å². The minimum atomic E-state index is -1.20. The van der Waals surface area contributed by atoms with Gasteiger partial charge in [-0.05, 0) is 23.6 Å². The molecule has 0 fully saturated rings. The lowest BCUT2D eigenvalue weighted by Gasteiger charge is -2.34. The number of rotatable bonds is 7. The van der Waals surface area contributed by atoms with Gasteiger partial charge in [-0.1, -0.05) is 91.0 Å². The van der Waals surface area contributed by atoms with E-state index in [4.69, 9.17) is 4.74 Å². The average Bonchev–Trinajstić information content (AvgIpc) is 2.73. The largest absolute Gasteiger partial charge is 0.445 e. The van der Waals surface area contributed by atoms with Crippen LogP contribution in [0.4, 0.5) is 4.79 Å². The number of benzene rings is 3. The van der Waals surface area contributed by atoms with E-state index in [0.29, 0.717) is 0 Å². The van der Waals surface area contributed by atoms with Crippen LogP contribution in [0.5, 0.6) is 0 Å². The van der Waals surface area contributed by atoms with Crippen molar-refractivity contribution in [3.05, 3.63) is 108 Å². The molecule has 3 aromatic rings. The maximum absolute atomic E-state index is 12.1. The fourth-order valence-electron chi connectivity index (χ4n) is 3.33. The van der Waals surface area contributed by atoms with Crippen molar-refractivity contribution in [3.8, 4) is 0 Å². The van der Waals surface area contributed by atoms with E-state index in [1.807, 2.05) is 91.0 Å². The molecule has 3 rings (SSSR count). The van der Waals surface area contributed by atoms with Gasteiger partial charge in [-0.2, -0.15) is 0 Å². The summed E-state index contributed by atoms with van der Waals surface area (Å²) in [6.45, 7) is 1.99. The molecule has 1 unspecified atom stereocenters. The van der Waals surface area contributed by atoms with Crippen molar-refractivity contribution in [2.24, 2.45) is 0 Å². The van der Waals surface area contributed by atoms with E-state index in [2.05, 4.69) is 5.32 Å². The zero-order valence-electron chi connectivity index (χ0n) is 15.9. The number of carbonyl (C=O) groups is 1. The van der Waals surface area contributed by atoms with E-state index in [1.54, 1.807) is 6.92 Å². The van der Waals surface area contributed by atoms with Crippen LogP contribution in [0.15, 0.2) is 91.0 Å². The molecule has 1 amide bonds. The third-order valence-corrected chi connectivity index (χ3v) is 4.69. The Hall–Kier alpha value is -3.11. The van der Waals surface area contributed by atoms with Crippen molar-refractivity contribution in [1.82, 2.24) is 5.32 Å². The average molecular weight is 375 g/mol. The third kappa shape index (κ3) is 5.21. The molecule has 0 aromatic heterocycles. The molecule has 2 N–H and O–H groups in total. The highest BCUT2D eigenvalue weighted by Gasteiger charge is 2.34. The van der Waals surface area contributed by atoms with E-state index in [9.17, 15) is 9.90 Å². The molecule has 4 heteroatoms. The molecule has 0 saturated carbocycles. The van der Waals surface area contributed by atoms with Gasteiger partial charge < -0.3 is 15.2 Å². The summed E-state index contributed by atoms with van der Waals surface area (Å²) in [5.74, 6) is -0.288. The van der Waals surface area contributed by atoms with Crippen LogP contribution in [0.3, 0.4) is 0 Å². The number of alkyl carbamates (subject to hydrolysis) is 1. The summed E-state index contributed by atoms with van der Waals surface area (Å²) in [5.41, 5.74) is 1.68. The number of aliphatic hydroxyl groups is 1. The molecule has 0 bridgehead atoms. The van der Waals surface area contributed by atoms with Crippen LogP contribution in [0.1, 0.15) is 29.5 Å². The Morgan fingerprint density at radius 3 is 1.86 bits per heavy atom. The molecule has 3 aromatic carbocycles. The summed E-state index contributed by atoms with van der Waals surface area (Å²) in [5, 5.41) is 13.9. The monoisotopic (exact) mass is 375 g/mol. The molecule has 144 valence electrons. The van der Waals surface area contributed by atoms with Gasteiger partial charge in [0.05, 0.1) is 12.1 Å². The quantitative estimate of drug-likeness (QED) is 0.639. The first-order chi connectivity index (χ1) is 13.6. The SMILES string of the molecule is CC(O)(CNC(=O)OCc1ccccc1)C(c1ccccc1)c1ccccc1. The molecule has 4 nitrogen and oxygen atoms in total. The van der Waals surface area contributed by atoms with E-state index in [-0.39, 0.29) is 19.1 Å². The van der Waals surface area contributed by atoms with E-state index < -0.39 is 11.7 Å². The van der Waals surface area contributed by atoms with E-state index in [0.717, 1.165) is 16.7 Å². The molecule has 1 atom stereocenters. The van der Waals surface area contributed by atoms with Gasteiger partial charge in [0, 0.05) is 5.92 Å². The van der Waals surface area contributed by atoms with Crippen molar-refractivity contribution in [1.29, 1.82) is 0 Å². The number of amides is 1. The summed E-state index contributed by atoms with van der Waals surface area (Å²) < 4.78 is 5.25.